The maximum absolute atomic E-state index is 6.80. The molecule has 1 fully saturated rings. The maximum atomic E-state index is 6.80. The van der Waals surface area contributed by atoms with E-state index in [9.17, 15) is 0 Å². The summed E-state index contributed by atoms with van der Waals surface area (Å²) in [4.78, 5) is 10.2. The van der Waals surface area contributed by atoms with Crippen LogP contribution in [0, 0.1) is 11.3 Å². The lowest BCUT2D eigenvalue weighted by atomic mass is 9.58. The van der Waals surface area contributed by atoms with Crippen LogP contribution in [0.4, 0.5) is 0 Å². The van der Waals surface area contributed by atoms with Crippen LogP contribution in [0.3, 0.4) is 0 Å². The van der Waals surface area contributed by atoms with E-state index in [1.165, 1.54) is 24.8 Å². The Morgan fingerprint density at radius 3 is 2.41 bits per heavy atom. The molecule has 0 amide bonds. The van der Waals surface area contributed by atoms with Gasteiger partial charge in [0.25, 0.3) is 0 Å². The van der Waals surface area contributed by atoms with Crippen molar-refractivity contribution >= 4 is 29.1 Å². The summed E-state index contributed by atoms with van der Waals surface area (Å²) in [6.45, 7) is 15.0. The van der Waals surface area contributed by atoms with Crippen molar-refractivity contribution in [3.8, 4) is 0 Å². The van der Waals surface area contributed by atoms with E-state index in [1.807, 2.05) is 50.2 Å². The Balaban J connectivity index is 0.000000507. The summed E-state index contributed by atoms with van der Waals surface area (Å²) in [5.74, 6) is 1.66. The highest BCUT2D eigenvalue weighted by Gasteiger charge is 2.43. The van der Waals surface area contributed by atoms with Crippen LogP contribution in [-0.2, 0) is 4.84 Å². The lowest BCUT2D eigenvalue weighted by Gasteiger charge is -2.48. The van der Waals surface area contributed by atoms with Crippen LogP contribution in [-0.4, -0.2) is 25.2 Å². The van der Waals surface area contributed by atoms with Crippen LogP contribution in [0.15, 0.2) is 66.2 Å². The molecule has 2 N–H and O–H groups in total. The summed E-state index contributed by atoms with van der Waals surface area (Å²) in [6, 6.07) is 16.2. The fourth-order valence-electron chi connectivity index (χ4n) is 5.86. The zero-order valence-electron chi connectivity index (χ0n) is 24.8. The molecule has 2 aliphatic rings. The Bertz CT molecular complexity index is 1030. The van der Waals surface area contributed by atoms with Crippen molar-refractivity contribution in [1.29, 1.82) is 0 Å². The molecule has 5 atom stereocenters. The summed E-state index contributed by atoms with van der Waals surface area (Å²) >= 11 is 12.3. The van der Waals surface area contributed by atoms with Crippen LogP contribution in [0.2, 0.25) is 10.0 Å². The van der Waals surface area contributed by atoms with Gasteiger partial charge in [0.1, 0.15) is 6.17 Å². The zero-order chi connectivity index (χ0) is 28.8. The van der Waals surface area contributed by atoms with Gasteiger partial charge in [-0.05, 0) is 93.2 Å². The predicted molar refractivity (Wildman–Crippen MR) is 170 cm³/mol. The summed E-state index contributed by atoms with van der Waals surface area (Å²) in [5.41, 5.74) is 5.40. The summed E-state index contributed by atoms with van der Waals surface area (Å²) < 4.78 is 0. The molecule has 0 saturated heterocycles. The second-order valence-corrected chi connectivity index (χ2v) is 11.2. The van der Waals surface area contributed by atoms with Crippen LogP contribution in [0.5, 0.6) is 0 Å². The highest BCUT2D eigenvalue weighted by atomic mass is 35.5. The Kier molecular flexibility index (Phi) is 14.6. The smallest absolute Gasteiger partial charge is 0.242 e. The Morgan fingerprint density at radius 2 is 1.87 bits per heavy atom. The molecule has 2 aromatic rings. The van der Waals surface area contributed by atoms with Crippen molar-refractivity contribution < 1.29 is 4.84 Å². The maximum Gasteiger partial charge on any atom is 0.242 e. The van der Waals surface area contributed by atoms with Gasteiger partial charge in [0.2, 0.25) is 5.90 Å². The molecule has 0 aromatic heterocycles. The number of hydrogen-bond donors (Lipinski definition) is 2. The van der Waals surface area contributed by atoms with Gasteiger partial charge in [-0.3, -0.25) is 0 Å². The minimum Gasteiger partial charge on any atom is -0.386 e. The second kappa shape index (κ2) is 17.1. The average Bonchev–Trinajstić information content (AvgIpc) is 3.44. The van der Waals surface area contributed by atoms with E-state index >= 15 is 0 Å². The largest absolute Gasteiger partial charge is 0.386 e. The van der Waals surface area contributed by atoms with Gasteiger partial charge < -0.3 is 10.2 Å². The Hall–Kier alpha value is -1.85. The van der Waals surface area contributed by atoms with Crippen molar-refractivity contribution in [2.24, 2.45) is 16.3 Å². The molecule has 0 radical (unpaired) electrons. The monoisotopic (exact) mass is 573 g/mol. The quantitative estimate of drug-likeness (QED) is 0.293. The minimum absolute atomic E-state index is 0.0381. The first-order valence-electron chi connectivity index (χ1n) is 14.7. The summed E-state index contributed by atoms with van der Waals surface area (Å²) in [6.07, 6.45) is 10.1. The number of hydroxylamine groups is 1. The van der Waals surface area contributed by atoms with Gasteiger partial charge >= 0.3 is 0 Å². The molecule has 4 unspecified atom stereocenters. The van der Waals surface area contributed by atoms with Crippen LogP contribution >= 0.6 is 23.2 Å². The van der Waals surface area contributed by atoms with E-state index in [1.54, 1.807) is 0 Å². The highest BCUT2D eigenvalue weighted by Crippen LogP contribution is 2.52. The second-order valence-electron chi connectivity index (χ2n) is 10.3. The van der Waals surface area contributed by atoms with E-state index in [-0.39, 0.29) is 11.6 Å². The van der Waals surface area contributed by atoms with Crippen LogP contribution in [0.25, 0.3) is 0 Å². The molecule has 1 saturated carbocycles. The van der Waals surface area contributed by atoms with Crippen molar-refractivity contribution in [2.75, 3.05) is 7.05 Å². The van der Waals surface area contributed by atoms with Gasteiger partial charge in [0.15, 0.2) is 0 Å². The zero-order valence-corrected chi connectivity index (χ0v) is 26.3. The molecule has 39 heavy (non-hydrogen) atoms. The number of nitrogens with zero attached hydrogens (tertiary/aromatic N) is 1. The number of allylic oxidation sites excluding steroid dienone is 1. The molecule has 1 aliphatic heterocycles. The van der Waals surface area contributed by atoms with E-state index in [0.717, 1.165) is 41.3 Å². The molecule has 1 heterocycles. The van der Waals surface area contributed by atoms with Gasteiger partial charge in [0.05, 0.1) is 0 Å². The number of hydrogen-bond acceptors (Lipinski definition) is 4. The van der Waals surface area contributed by atoms with E-state index in [2.05, 4.69) is 68.4 Å². The highest BCUT2D eigenvalue weighted by molar-refractivity contribution is 6.31. The first kappa shape index (κ1) is 33.4. The molecule has 216 valence electrons. The van der Waals surface area contributed by atoms with Crippen molar-refractivity contribution in [3.63, 3.8) is 0 Å². The average molecular weight is 575 g/mol. The van der Waals surface area contributed by atoms with Gasteiger partial charge in [0, 0.05) is 21.7 Å². The molecular formula is C33H49Cl2N3O. The van der Waals surface area contributed by atoms with Crippen molar-refractivity contribution in [3.05, 3.63) is 82.4 Å². The third-order valence-electron chi connectivity index (χ3n) is 7.96. The van der Waals surface area contributed by atoms with Crippen LogP contribution in [0.1, 0.15) is 96.6 Å². The summed E-state index contributed by atoms with van der Waals surface area (Å²) in [7, 11) is 2.07. The Labute approximate surface area is 247 Å². The third kappa shape index (κ3) is 9.08. The third-order valence-corrected chi connectivity index (χ3v) is 8.54. The SMILES string of the molecule is C=C[C@]1(CCC)CCC(c2ccc(C3=NC(CCC)NO3)cc2Cl)CC1C(C)NC.CC.Clc1ccccc1. The van der Waals surface area contributed by atoms with E-state index < -0.39 is 0 Å². The van der Waals surface area contributed by atoms with Crippen LogP contribution < -0.4 is 10.8 Å². The fourth-order valence-corrected chi connectivity index (χ4v) is 6.34. The number of rotatable bonds is 9. The molecule has 6 heteroatoms. The molecule has 0 bridgehead atoms. The Morgan fingerprint density at radius 1 is 1.15 bits per heavy atom. The van der Waals surface area contributed by atoms with Gasteiger partial charge in [-0.2, -0.15) is 0 Å². The molecule has 4 nitrogen and oxygen atoms in total. The fraction of sp³-hybridized carbons (Fsp3) is 0.545. The topological polar surface area (TPSA) is 45.7 Å². The van der Waals surface area contributed by atoms with Gasteiger partial charge in [-0.1, -0.05) is 94.1 Å². The van der Waals surface area contributed by atoms with Crippen molar-refractivity contribution in [2.45, 2.75) is 97.7 Å². The van der Waals surface area contributed by atoms with Crippen molar-refractivity contribution in [1.82, 2.24) is 10.8 Å². The predicted octanol–water partition coefficient (Wildman–Crippen LogP) is 9.58. The number of aliphatic imine (C=N–C) groups is 1. The number of nitrogens with one attached hydrogen (secondary N) is 2. The first-order valence-corrected chi connectivity index (χ1v) is 15.4. The lowest BCUT2D eigenvalue weighted by molar-refractivity contribution is 0.0945. The summed E-state index contributed by atoms with van der Waals surface area (Å²) in [5, 5.41) is 5.12. The molecule has 1 aliphatic carbocycles. The number of halogens is 2. The normalized spacial score (nSPS) is 24.7. The standard InChI is InChI=1S/C25H38ClN3O.C6H5Cl.C2H6/c1-6-9-23-28-24(30-29-23)19-10-11-20(22(26)16-19)18-12-14-25(8-3,13-7-2)21(15-18)17(4)27-5;7-6-4-2-1-3-5-6;1-2/h8,10-11,16-18,21,23,27,29H,3,6-7,9,12-15H2,1-2,4-5H3;1-5H;1-2H3/t17?,18?,21?,23?,25-;;/m0../s1. The molecule has 0 spiro atoms. The first-order chi connectivity index (χ1) is 18.9. The van der Waals surface area contributed by atoms with E-state index in [0.29, 0.717) is 23.8 Å². The molecule has 4 rings (SSSR count). The molecular weight excluding hydrogens is 525 g/mol. The number of benzene rings is 2. The van der Waals surface area contributed by atoms with Gasteiger partial charge in [-0.15, -0.1) is 12.1 Å². The lowest BCUT2D eigenvalue weighted by Crippen LogP contribution is -2.45. The van der Waals surface area contributed by atoms with E-state index in [4.69, 9.17) is 28.0 Å². The minimum atomic E-state index is 0.0381. The molecule has 2 aromatic carbocycles. The van der Waals surface area contributed by atoms with Gasteiger partial charge in [-0.25, -0.2) is 4.99 Å².